The highest BCUT2D eigenvalue weighted by molar-refractivity contribution is 6.00. The Hall–Kier alpha value is -2.86. The van der Waals surface area contributed by atoms with Crippen molar-refractivity contribution in [3.8, 4) is 0 Å². The molecule has 4 rings (SSSR count). The van der Waals surface area contributed by atoms with Crippen LogP contribution in [0.15, 0.2) is 54.6 Å². The molecule has 1 aliphatic carbocycles. The van der Waals surface area contributed by atoms with Crippen molar-refractivity contribution >= 4 is 23.3 Å². The number of hydrogen-bond donors (Lipinski definition) is 2. The molecule has 1 saturated carbocycles. The average Bonchev–Trinajstić information content (AvgIpc) is 3.13. The second-order valence-electron chi connectivity index (χ2n) is 8.05. The molecule has 2 N–H and O–H groups in total. The maximum Gasteiger partial charge on any atom is 0.322 e. The molecule has 29 heavy (non-hydrogen) atoms. The first-order valence-corrected chi connectivity index (χ1v) is 10.3. The number of carbonyl (C=O) groups is 2. The summed E-state index contributed by atoms with van der Waals surface area (Å²) >= 11 is 0. The lowest BCUT2D eigenvalue weighted by atomic mass is 10.0. The maximum absolute atomic E-state index is 13.1. The quantitative estimate of drug-likeness (QED) is 0.734. The smallest absolute Gasteiger partial charge is 0.322 e. The molecule has 0 bridgehead atoms. The van der Waals surface area contributed by atoms with Gasteiger partial charge in [0.05, 0.1) is 12.1 Å². The van der Waals surface area contributed by atoms with Crippen LogP contribution < -0.4 is 10.2 Å². The Morgan fingerprint density at radius 2 is 1.86 bits per heavy atom. The first kappa shape index (κ1) is 19.5. The zero-order chi connectivity index (χ0) is 20.3. The molecule has 1 heterocycles. The lowest BCUT2D eigenvalue weighted by Crippen LogP contribution is -2.45. The number of carbonyl (C=O) groups excluding carboxylic acids is 2. The number of nitrogens with zero attached hydrogens (tertiary/aromatic N) is 2. The zero-order valence-electron chi connectivity index (χ0n) is 16.5. The minimum absolute atomic E-state index is 0.0997. The predicted molar refractivity (Wildman–Crippen MR) is 113 cm³/mol. The third kappa shape index (κ3) is 4.59. The molecule has 2 aromatic carbocycles. The van der Waals surface area contributed by atoms with Gasteiger partial charge in [0.2, 0.25) is 5.91 Å². The molecular weight excluding hydrogens is 366 g/mol. The lowest BCUT2D eigenvalue weighted by molar-refractivity contribution is -0.122. The van der Waals surface area contributed by atoms with Gasteiger partial charge in [0.1, 0.15) is 0 Å². The molecule has 0 aromatic heterocycles. The van der Waals surface area contributed by atoms with E-state index in [4.69, 9.17) is 0 Å². The van der Waals surface area contributed by atoms with E-state index >= 15 is 0 Å². The van der Waals surface area contributed by atoms with Crippen molar-refractivity contribution in [2.75, 3.05) is 23.3 Å². The SMILES string of the molecule is O=C(Nc1cccc(N2CCC2=O)c1)N(Cc1ccccc1)CC1(O)CCCC1. The third-order valence-corrected chi connectivity index (χ3v) is 5.78. The molecule has 6 heteroatoms. The number of β-lactam (4-membered cyclic amide) rings is 1. The topological polar surface area (TPSA) is 72.9 Å². The van der Waals surface area contributed by atoms with Crippen molar-refractivity contribution in [2.24, 2.45) is 0 Å². The van der Waals surface area contributed by atoms with Gasteiger partial charge in [-0.25, -0.2) is 4.79 Å². The van der Waals surface area contributed by atoms with Gasteiger partial charge in [-0.15, -0.1) is 0 Å². The van der Waals surface area contributed by atoms with Gasteiger partial charge >= 0.3 is 6.03 Å². The van der Waals surface area contributed by atoms with Crippen molar-refractivity contribution in [3.63, 3.8) is 0 Å². The molecule has 0 radical (unpaired) electrons. The van der Waals surface area contributed by atoms with E-state index < -0.39 is 5.60 Å². The highest BCUT2D eigenvalue weighted by atomic mass is 16.3. The van der Waals surface area contributed by atoms with E-state index in [1.165, 1.54) is 0 Å². The fraction of sp³-hybridized carbons (Fsp3) is 0.391. The van der Waals surface area contributed by atoms with Crippen molar-refractivity contribution in [1.82, 2.24) is 4.90 Å². The van der Waals surface area contributed by atoms with Crippen LogP contribution in [0.25, 0.3) is 0 Å². The molecule has 1 aliphatic heterocycles. The normalized spacial score (nSPS) is 17.7. The van der Waals surface area contributed by atoms with Crippen LogP contribution in [0.3, 0.4) is 0 Å². The molecule has 2 aromatic rings. The minimum Gasteiger partial charge on any atom is -0.388 e. The number of aliphatic hydroxyl groups is 1. The van der Waals surface area contributed by atoms with E-state index in [9.17, 15) is 14.7 Å². The standard InChI is InChI=1S/C23H27N3O3/c27-21-11-14-26(21)20-10-6-9-19(15-20)24-22(28)25(16-18-7-2-1-3-8-18)17-23(29)12-4-5-13-23/h1-3,6-10,15,29H,4-5,11-14,16-17H2,(H,24,28). The zero-order valence-corrected chi connectivity index (χ0v) is 16.5. The van der Waals surface area contributed by atoms with Crippen molar-refractivity contribution < 1.29 is 14.7 Å². The number of benzene rings is 2. The van der Waals surface area contributed by atoms with Gasteiger partial charge in [-0.05, 0) is 36.6 Å². The summed E-state index contributed by atoms with van der Waals surface area (Å²) in [5.74, 6) is 0.0997. The van der Waals surface area contributed by atoms with E-state index in [2.05, 4.69) is 5.32 Å². The van der Waals surface area contributed by atoms with Crippen LogP contribution in [0.1, 0.15) is 37.7 Å². The van der Waals surface area contributed by atoms with Crippen molar-refractivity contribution in [1.29, 1.82) is 0 Å². The molecule has 0 unspecified atom stereocenters. The van der Waals surface area contributed by atoms with Gasteiger partial charge < -0.3 is 20.2 Å². The summed E-state index contributed by atoms with van der Waals surface area (Å²) in [6, 6.07) is 16.9. The fourth-order valence-electron chi connectivity index (χ4n) is 4.09. The second-order valence-corrected chi connectivity index (χ2v) is 8.05. The Labute approximate surface area is 171 Å². The van der Waals surface area contributed by atoms with Crippen LogP contribution in [0, 0.1) is 0 Å². The van der Waals surface area contributed by atoms with E-state index in [-0.39, 0.29) is 11.9 Å². The Morgan fingerprint density at radius 1 is 1.10 bits per heavy atom. The van der Waals surface area contributed by atoms with Gasteiger partial charge in [-0.3, -0.25) is 4.79 Å². The molecule has 6 nitrogen and oxygen atoms in total. The number of amides is 3. The molecular formula is C23H27N3O3. The average molecular weight is 393 g/mol. The minimum atomic E-state index is -0.821. The van der Waals surface area contributed by atoms with E-state index in [1.54, 1.807) is 9.80 Å². The number of anilines is 2. The summed E-state index contributed by atoms with van der Waals surface area (Å²) in [7, 11) is 0. The molecule has 2 aliphatic rings. The highest BCUT2D eigenvalue weighted by Crippen LogP contribution is 2.31. The molecule has 2 fully saturated rings. The Morgan fingerprint density at radius 3 is 2.52 bits per heavy atom. The summed E-state index contributed by atoms with van der Waals surface area (Å²) < 4.78 is 0. The predicted octanol–water partition coefficient (Wildman–Crippen LogP) is 3.76. The Bertz CT molecular complexity index is 878. The molecule has 1 saturated heterocycles. The van der Waals surface area contributed by atoms with Crippen molar-refractivity contribution in [2.45, 2.75) is 44.2 Å². The van der Waals surface area contributed by atoms with Crippen LogP contribution in [-0.4, -0.2) is 40.6 Å². The first-order chi connectivity index (χ1) is 14.0. The van der Waals surface area contributed by atoms with Gasteiger partial charge in [0.15, 0.2) is 0 Å². The fourth-order valence-corrected chi connectivity index (χ4v) is 4.09. The summed E-state index contributed by atoms with van der Waals surface area (Å²) in [6.07, 6.45) is 3.99. The van der Waals surface area contributed by atoms with Crippen LogP contribution in [0.5, 0.6) is 0 Å². The monoisotopic (exact) mass is 393 g/mol. The van der Waals surface area contributed by atoms with Gasteiger partial charge in [-0.1, -0.05) is 49.2 Å². The second kappa shape index (κ2) is 8.25. The van der Waals surface area contributed by atoms with Crippen LogP contribution in [0.4, 0.5) is 16.2 Å². The maximum atomic E-state index is 13.1. The highest BCUT2D eigenvalue weighted by Gasteiger charge is 2.34. The largest absolute Gasteiger partial charge is 0.388 e. The van der Waals surface area contributed by atoms with E-state index in [1.807, 2.05) is 54.6 Å². The lowest BCUT2D eigenvalue weighted by Gasteiger charge is -2.32. The van der Waals surface area contributed by atoms with Crippen LogP contribution >= 0.6 is 0 Å². The Balaban J connectivity index is 1.49. The van der Waals surface area contributed by atoms with Gasteiger partial charge in [0, 0.05) is 30.9 Å². The summed E-state index contributed by atoms with van der Waals surface area (Å²) in [5.41, 5.74) is 1.63. The van der Waals surface area contributed by atoms with E-state index in [0.717, 1.165) is 36.9 Å². The van der Waals surface area contributed by atoms with Crippen LogP contribution in [-0.2, 0) is 11.3 Å². The molecule has 152 valence electrons. The number of urea groups is 1. The van der Waals surface area contributed by atoms with Crippen LogP contribution in [0.2, 0.25) is 0 Å². The van der Waals surface area contributed by atoms with E-state index in [0.29, 0.717) is 31.7 Å². The first-order valence-electron chi connectivity index (χ1n) is 10.3. The van der Waals surface area contributed by atoms with Gasteiger partial charge in [-0.2, -0.15) is 0 Å². The van der Waals surface area contributed by atoms with Crippen molar-refractivity contribution in [3.05, 3.63) is 60.2 Å². The third-order valence-electron chi connectivity index (χ3n) is 5.78. The molecule has 0 atom stereocenters. The number of rotatable bonds is 6. The summed E-state index contributed by atoms with van der Waals surface area (Å²) in [5, 5.41) is 13.8. The summed E-state index contributed by atoms with van der Waals surface area (Å²) in [6.45, 7) is 1.45. The molecule has 3 amide bonds. The Kier molecular flexibility index (Phi) is 5.53. The van der Waals surface area contributed by atoms with Gasteiger partial charge in [0.25, 0.3) is 0 Å². The summed E-state index contributed by atoms with van der Waals surface area (Å²) in [4.78, 5) is 28.2. The number of hydrogen-bond acceptors (Lipinski definition) is 3. The number of nitrogens with one attached hydrogen (secondary N) is 1. The molecule has 0 spiro atoms.